The average Bonchev–Trinajstić information content (AvgIpc) is 3.41. The lowest BCUT2D eigenvalue weighted by molar-refractivity contribution is -0.209. The fourth-order valence-electron chi connectivity index (χ4n) is 3.89. The van der Waals surface area contributed by atoms with Crippen molar-refractivity contribution in [2.75, 3.05) is 13.2 Å². The Labute approximate surface area is 172 Å². The predicted octanol–water partition coefficient (Wildman–Crippen LogP) is 5.57. The molecule has 5 rings (SSSR count). The molecule has 0 bridgehead atoms. The number of thiazole rings is 1. The van der Waals surface area contributed by atoms with Crippen molar-refractivity contribution in [1.29, 1.82) is 0 Å². The van der Waals surface area contributed by atoms with Gasteiger partial charge in [-0.1, -0.05) is 54.2 Å². The molecular weight excluding hydrogens is 390 g/mol. The molecule has 0 N–H and O–H groups in total. The van der Waals surface area contributed by atoms with Gasteiger partial charge < -0.3 is 14.2 Å². The van der Waals surface area contributed by atoms with Crippen LogP contribution in [0.4, 0.5) is 0 Å². The third-order valence-corrected chi connectivity index (χ3v) is 7.60. The van der Waals surface area contributed by atoms with E-state index in [1.54, 1.807) is 23.1 Å². The fraction of sp³-hybridized carbons (Fsp3) is 0.318. The molecule has 2 aromatic carbocycles. The molecule has 3 heterocycles. The third kappa shape index (κ3) is 3.14. The summed E-state index contributed by atoms with van der Waals surface area (Å²) in [6, 6.07) is 18.7. The second-order valence-corrected chi connectivity index (χ2v) is 9.43. The van der Waals surface area contributed by atoms with Gasteiger partial charge in [0.25, 0.3) is 0 Å². The van der Waals surface area contributed by atoms with Gasteiger partial charge in [0.05, 0.1) is 29.3 Å². The minimum Gasteiger partial charge on any atom is -0.488 e. The molecular formula is C22H21NO3S2. The van der Waals surface area contributed by atoms with Gasteiger partial charge in [-0.05, 0) is 31.5 Å². The number of ether oxygens (including phenoxy) is 3. The van der Waals surface area contributed by atoms with E-state index < -0.39 is 5.79 Å². The maximum Gasteiger partial charge on any atom is 0.204 e. The van der Waals surface area contributed by atoms with Crippen molar-refractivity contribution in [2.24, 2.45) is 0 Å². The van der Waals surface area contributed by atoms with Gasteiger partial charge in [0.15, 0.2) is 10.4 Å². The number of aromatic nitrogens is 1. The molecule has 0 unspecified atom stereocenters. The minimum absolute atomic E-state index is 0.0429. The first-order valence-electron chi connectivity index (χ1n) is 9.38. The zero-order valence-electron chi connectivity index (χ0n) is 15.8. The van der Waals surface area contributed by atoms with Crippen LogP contribution in [0.15, 0.2) is 69.6 Å². The molecule has 144 valence electrons. The van der Waals surface area contributed by atoms with Crippen LogP contribution in [0.3, 0.4) is 0 Å². The van der Waals surface area contributed by atoms with Gasteiger partial charge in [0.2, 0.25) is 5.79 Å². The van der Waals surface area contributed by atoms with Crippen LogP contribution in [0.25, 0.3) is 10.2 Å². The summed E-state index contributed by atoms with van der Waals surface area (Å²) in [4.78, 5) is 5.98. The topological polar surface area (TPSA) is 40.6 Å². The van der Waals surface area contributed by atoms with E-state index >= 15 is 0 Å². The van der Waals surface area contributed by atoms with Crippen LogP contribution in [0.2, 0.25) is 0 Å². The molecule has 1 aromatic heterocycles. The monoisotopic (exact) mass is 411 g/mol. The van der Waals surface area contributed by atoms with E-state index in [0.29, 0.717) is 13.2 Å². The smallest absolute Gasteiger partial charge is 0.204 e. The Bertz CT molecular complexity index is 991. The van der Waals surface area contributed by atoms with Crippen LogP contribution >= 0.6 is 23.1 Å². The van der Waals surface area contributed by atoms with Crippen molar-refractivity contribution in [3.63, 3.8) is 0 Å². The predicted molar refractivity (Wildman–Crippen MR) is 113 cm³/mol. The Morgan fingerprint density at radius 3 is 2.50 bits per heavy atom. The van der Waals surface area contributed by atoms with E-state index in [4.69, 9.17) is 19.2 Å². The number of hydrogen-bond donors (Lipinski definition) is 0. The van der Waals surface area contributed by atoms with E-state index in [9.17, 15) is 0 Å². The minimum atomic E-state index is -0.752. The van der Waals surface area contributed by atoms with Gasteiger partial charge in [-0.15, -0.1) is 11.3 Å². The molecule has 2 atom stereocenters. The molecule has 28 heavy (non-hydrogen) atoms. The first-order chi connectivity index (χ1) is 13.6. The number of benzene rings is 2. The highest BCUT2D eigenvalue weighted by atomic mass is 32.2. The molecule has 0 saturated carbocycles. The molecule has 3 aromatic rings. The molecule has 2 aliphatic rings. The van der Waals surface area contributed by atoms with Gasteiger partial charge in [-0.2, -0.15) is 0 Å². The molecule has 0 amide bonds. The molecule has 0 aliphatic carbocycles. The Kier molecular flexibility index (Phi) is 4.67. The van der Waals surface area contributed by atoms with Gasteiger partial charge in [-0.3, -0.25) is 0 Å². The zero-order chi connectivity index (χ0) is 19.1. The first kappa shape index (κ1) is 18.2. The van der Waals surface area contributed by atoms with Gasteiger partial charge in [0.1, 0.15) is 5.76 Å². The van der Waals surface area contributed by atoms with Crippen molar-refractivity contribution < 1.29 is 14.2 Å². The largest absolute Gasteiger partial charge is 0.488 e. The summed E-state index contributed by atoms with van der Waals surface area (Å²) in [5, 5.41) is 0. The highest BCUT2D eigenvalue weighted by molar-refractivity contribution is 8.04. The van der Waals surface area contributed by atoms with E-state index in [1.165, 1.54) is 15.2 Å². The number of nitrogens with zero attached hydrogens (tertiary/aromatic N) is 1. The van der Waals surface area contributed by atoms with Crippen molar-refractivity contribution in [2.45, 2.75) is 36.0 Å². The number of para-hydroxylation sites is 1. The summed E-state index contributed by atoms with van der Waals surface area (Å²) < 4.78 is 20.5. The SMILES string of the molecule is CC1=C(Sc2nc3ccccc3s2)[C@H](c2ccccc2)[C@@H](C2(C)OCCO2)O1. The van der Waals surface area contributed by atoms with Gasteiger partial charge >= 0.3 is 0 Å². The molecule has 0 radical (unpaired) electrons. The van der Waals surface area contributed by atoms with Crippen LogP contribution in [-0.4, -0.2) is 30.1 Å². The molecule has 1 saturated heterocycles. The Morgan fingerprint density at radius 1 is 1.04 bits per heavy atom. The van der Waals surface area contributed by atoms with Crippen molar-refractivity contribution in [1.82, 2.24) is 4.98 Å². The quantitative estimate of drug-likeness (QED) is 0.562. The summed E-state index contributed by atoms with van der Waals surface area (Å²) in [7, 11) is 0. The van der Waals surface area contributed by atoms with Crippen LogP contribution in [0, 0.1) is 0 Å². The number of hydrogen-bond acceptors (Lipinski definition) is 6. The fourth-order valence-corrected chi connectivity index (χ4v) is 6.20. The lowest BCUT2D eigenvalue weighted by Gasteiger charge is -2.33. The zero-order valence-corrected chi connectivity index (χ0v) is 17.4. The second kappa shape index (κ2) is 7.19. The Hall–Kier alpha value is -1.86. The summed E-state index contributed by atoms with van der Waals surface area (Å²) in [5.41, 5.74) is 2.24. The average molecular weight is 412 g/mol. The third-order valence-electron chi connectivity index (χ3n) is 5.24. The van der Waals surface area contributed by atoms with E-state index in [1.807, 2.05) is 26.0 Å². The van der Waals surface area contributed by atoms with Gasteiger partial charge in [0, 0.05) is 4.91 Å². The van der Waals surface area contributed by atoms with E-state index in [0.717, 1.165) is 15.6 Å². The Balaban J connectivity index is 1.53. The number of thioether (sulfide) groups is 1. The van der Waals surface area contributed by atoms with Crippen LogP contribution in [-0.2, 0) is 14.2 Å². The second-order valence-electron chi connectivity index (χ2n) is 7.11. The lowest BCUT2D eigenvalue weighted by Crippen LogP contribution is -2.43. The van der Waals surface area contributed by atoms with Crippen molar-refractivity contribution >= 4 is 33.3 Å². The normalized spacial score (nSPS) is 24.1. The van der Waals surface area contributed by atoms with Crippen molar-refractivity contribution in [3.8, 4) is 0 Å². The standard InChI is InChI=1S/C22H21NO3S2/c1-14-19(28-21-23-16-10-6-7-11-17(16)27-21)18(15-8-4-3-5-9-15)20(26-14)22(2)24-12-13-25-22/h3-11,18,20H,12-13H2,1-2H3/t18-,20-/m0/s1. The van der Waals surface area contributed by atoms with Crippen LogP contribution in [0.5, 0.6) is 0 Å². The Morgan fingerprint density at radius 2 is 1.75 bits per heavy atom. The molecule has 0 spiro atoms. The maximum atomic E-state index is 6.36. The summed E-state index contributed by atoms with van der Waals surface area (Å²) >= 11 is 3.42. The molecule has 4 nitrogen and oxygen atoms in total. The van der Waals surface area contributed by atoms with E-state index in [2.05, 4.69) is 42.5 Å². The number of rotatable bonds is 4. The van der Waals surface area contributed by atoms with Crippen LogP contribution < -0.4 is 0 Å². The number of fused-ring (bicyclic) bond motifs is 1. The summed E-state index contributed by atoms with van der Waals surface area (Å²) in [6.07, 6.45) is -0.228. The maximum absolute atomic E-state index is 6.36. The summed E-state index contributed by atoms with van der Waals surface area (Å²) in [6.45, 7) is 5.21. The van der Waals surface area contributed by atoms with Crippen molar-refractivity contribution in [3.05, 3.63) is 70.8 Å². The molecule has 2 aliphatic heterocycles. The van der Waals surface area contributed by atoms with Gasteiger partial charge in [-0.25, -0.2) is 4.98 Å². The van der Waals surface area contributed by atoms with Crippen LogP contribution in [0.1, 0.15) is 25.3 Å². The molecule has 1 fully saturated rings. The first-order valence-corrected chi connectivity index (χ1v) is 11.0. The highest BCUT2D eigenvalue weighted by Gasteiger charge is 2.51. The summed E-state index contributed by atoms with van der Waals surface area (Å²) in [5.74, 6) is 0.210. The number of allylic oxidation sites excluding steroid dienone is 1. The molecule has 6 heteroatoms. The highest BCUT2D eigenvalue weighted by Crippen LogP contribution is 2.52. The van der Waals surface area contributed by atoms with E-state index in [-0.39, 0.29) is 12.0 Å². The lowest BCUT2D eigenvalue weighted by atomic mass is 9.89.